The van der Waals surface area contributed by atoms with Crippen LogP contribution in [0, 0.1) is 5.82 Å². The van der Waals surface area contributed by atoms with Gasteiger partial charge in [0, 0.05) is 44.3 Å². The number of halogens is 1. The van der Waals surface area contributed by atoms with Crippen LogP contribution in [0.2, 0.25) is 0 Å². The van der Waals surface area contributed by atoms with Crippen molar-refractivity contribution in [1.82, 2.24) is 9.80 Å². The van der Waals surface area contributed by atoms with E-state index in [9.17, 15) is 18.8 Å². The summed E-state index contributed by atoms with van der Waals surface area (Å²) < 4.78 is 13.3. The Hall–Kier alpha value is -3.30. The maximum Gasteiger partial charge on any atom is 0.241 e. The number of hydrogen-bond donors (Lipinski definition) is 2. The van der Waals surface area contributed by atoms with Gasteiger partial charge in [-0.05, 0) is 37.3 Å². The highest BCUT2D eigenvalue weighted by Crippen LogP contribution is 2.31. The van der Waals surface area contributed by atoms with Gasteiger partial charge < -0.3 is 15.5 Å². The number of anilines is 3. The van der Waals surface area contributed by atoms with E-state index in [1.807, 2.05) is 30.0 Å². The number of hydrogen-bond acceptors (Lipinski definition) is 5. The first-order valence-corrected chi connectivity index (χ1v) is 11.1. The van der Waals surface area contributed by atoms with Crippen LogP contribution in [-0.2, 0) is 14.4 Å². The van der Waals surface area contributed by atoms with Crippen molar-refractivity contribution in [2.45, 2.75) is 19.4 Å². The summed E-state index contributed by atoms with van der Waals surface area (Å²) >= 11 is 0. The number of fused-ring (bicyclic) bond motifs is 1. The second kappa shape index (κ2) is 10.1. The Morgan fingerprint density at radius 2 is 1.73 bits per heavy atom. The average molecular weight is 454 g/mol. The lowest BCUT2D eigenvalue weighted by molar-refractivity contribution is -0.122. The van der Waals surface area contributed by atoms with Crippen LogP contribution in [0.5, 0.6) is 0 Å². The minimum atomic E-state index is -0.396. The van der Waals surface area contributed by atoms with E-state index in [-0.39, 0.29) is 43.3 Å². The SMILES string of the molecule is CC1CC(=O)Nc2ccccc2N1C(=O)CN1CCN(CC(=O)Nc2cccc(F)c2)CC1. The lowest BCUT2D eigenvalue weighted by atomic mass is 10.1. The van der Waals surface area contributed by atoms with Crippen LogP contribution in [0.15, 0.2) is 48.5 Å². The smallest absolute Gasteiger partial charge is 0.241 e. The van der Waals surface area contributed by atoms with Gasteiger partial charge in [-0.25, -0.2) is 4.39 Å². The molecule has 0 aromatic heterocycles. The molecular formula is C24H28FN5O3. The van der Waals surface area contributed by atoms with E-state index in [0.717, 1.165) is 0 Å². The number of para-hydroxylation sites is 2. The van der Waals surface area contributed by atoms with Gasteiger partial charge in [0.25, 0.3) is 0 Å². The summed E-state index contributed by atoms with van der Waals surface area (Å²) in [4.78, 5) is 43.5. The molecule has 2 heterocycles. The van der Waals surface area contributed by atoms with E-state index in [1.165, 1.54) is 12.1 Å². The van der Waals surface area contributed by atoms with Crippen molar-refractivity contribution in [1.29, 1.82) is 0 Å². The predicted octanol–water partition coefficient (Wildman–Crippen LogP) is 2.15. The fourth-order valence-electron chi connectivity index (χ4n) is 4.31. The number of amides is 3. The van der Waals surface area contributed by atoms with Gasteiger partial charge in [0.15, 0.2) is 0 Å². The first kappa shape index (κ1) is 22.9. The molecule has 0 bridgehead atoms. The highest BCUT2D eigenvalue weighted by molar-refractivity contribution is 6.05. The molecule has 3 amide bonds. The fourth-order valence-corrected chi connectivity index (χ4v) is 4.31. The molecule has 0 radical (unpaired) electrons. The first-order chi connectivity index (χ1) is 15.9. The zero-order valence-electron chi connectivity index (χ0n) is 18.6. The molecular weight excluding hydrogens is 425 g/mol. The number of nitrogens with zero attached hydrogens (tertiary/aromatic N) is 3. The quantitative estimate of drug-likeness (QED) is 0.725. The molecule has 4 rings (SSSR count). The van der Waals surface area contributed by atoms with Gasteiger partial charge in [-0.1, -0.05) is 18.2 Å². The van der Waals surface area contributed by atoms with Crippen molar-refractivity contribution >= 4 is 34.8 Å². The zero-order valence-corrected chi connectivity index (χ0v) is 18.6. The van der Waals surface area contributed by atoms with Crippen molar-refractivity contribution in [3.8, 4) is 0 Å². The number of rotatable bonds is 5. The van der Waals surface area contributed by atoms with Crippen LogP contribution in [0.3, 0.4) is 0 Å². The molecule has 0 spiro atoms. The molecule has 8 nitrogen and oxygen atoms in total. The summed E-state index contributed by atoms with van der Waals surface area (Å²) in [6.45, 7) is 4.94. The maximum absolute atomic E-state index is 13.3. The van der Waals surface area contributed by atoms with Gasteiger partial charge in [0.1, 0.15) is 5.82 Å². The molecule has 9 heteroatoms. The number of benzene rings is 2. The zero-order chi connectivity index (χ0) is 23.4. The Labute approximate surface area is 192 Å². The maximum atomic E-state index is 13.3. The van der Waals surface area contributed by atoms with Gasteiger partial charge in [-0.2, -0.15) is 0 Å². The molecule has 2 aliphatic heterocycles. The van der Waals surface area contributed by atoms with Crippen molar-refractivity contribution < 1.29 is 18.8 Å². The van der Waals surface area contributed by atoms with Crippen LogP contribution in [0.4, 0.5) is 21.5 Å². The summed E-state index contributed by atoms with van der Waals surface area (Å²) in [5.74, 6) is -0.746. The summed E-state index contributed by atoms with van der Waals surface area (Å²) in [6.07, 6.45) is 0.245. The van der Waals surface area contributed by atoms with Gasteiger partial charge in [0.2, 0.25) is 17.7 Å². The molecule has 174 valence electrons. The normalized spacial score (nSPS) is 19.4. The number of carbonyl (C=O) groups is 3. The Morgan fingerprint density at radius 3 is 2.45 bits per heavy atom. The van der Waals surface area contributed by atoms with E-state index < -0.39 is 5.82 Å². The van der Waals surface area contributed by atoms with Gasteiger partial charge >= 0.3 is 0 Å². The van der Waals surface area contributed by atoms with Crippen LogP contribution in [-0.4, -0.2) is 72.8 Å². The Bertz CT molecular complexity index is 1040. The van der Waals surface area contributed by atoms with E-state index in [4.69, 9.17) is 0 Å². The van der Waals surface area contributed by atoms with Crippen LogP contribution in [0.1, 0.15) is 13.3 Å². The molecule has 2 aliphatic rings. The third kappa shape index (κ3) is 5.74. The number of piperazine rings is 1. The molecule has 1 atom stereocenters. The topological polar surface area (TPSA) is 85.0 Å². The van der Waals surface area contributed by atoms with E-state index in [2.05, 4.69) is 15.5 Å². The lowest BCUT2D eigenvalue weighted by Crippen LogP contribution is -2.52. The van der Waals surface area contributed by atoms with Crippen molar-refractivity contribution in [3.05, 3.63) is 54.3 Å². The van der Waals surface area contributed by atoms with Gasteiger partial charge in [0.05, 0.1) is 24.5 Å². The molecule has 0 aliphatic carbocycles. The summed E-state index contributed by atoms with van der Waals surface area (Å²) in [6, 6.07) is 12.9. The molecule has 1 saturated heterocycles. The molecule has 2 aromatic rings. The Kier molecular flexibility index (Phi) is 7.00. The molecule has 0 saturated carbocycles. The second-order valence-electron chi connectivity index (χ2n) is 8.49. The fraction of sp³-hybridized carbons (Fsp3) is 0.375. The lowest BCUT2D eigenvalue weighted by Gasteiger charge is -2.36. The number of nitrogens with one attached hydrogen (secondary N) is 2. The third-order valence-electron chi connectivity index (χ3n) is 5.93. The van der Waals surface area contributed by atoms with Gasteiger partial charge in [-0.3, -0.25) is 24.2 Å². The minimum Gasteiger partial charge on any atom is -0.325 e. The summed E-state index contributed by atoms with van der Waals surface area (Å²) in [5, 5.41) is 5.59. The van der Waals surface area contributed by atoms with E-state index in [0.29, 0.717) is 43.2 Å². The standard InChI is InChI=1S/C24H28FN5O3/c1-17-13-22(31)27-20-7-2-3-8-21(20)30(17)24(33)16-29-11-9-28(10-12-29)15-23(32)26-19-6-4-5-18(25)14-19/h2-8,14,17H,9-13,15-16H2,1H3,(H,26,32)(H,27,31). The third-order valence-corrected chi connectivity index (χ3v) is 5.93. The van der Waals surface area contributed by atoms with Crippen molar-refractivity contribution in [3.63, 3.8) is 0 Å². The summed E-state index contributed by atoms with van der Waals surface area (Å²) in [7, 11) is 0. The molecule has 33 heavy (non-hydrogen) atoms. The van der Waals surface area contributed by atoms with E-state index >= 15 is 0 Å². The monoisotopic (exact) mass is 453 g/mol. The Balaban J connectivity index is 1.30. The van der Waals surface area contributed by atoms with Crippen molar-refractivity contribution in [2.75, 3.05) is 54.8 Å². The van der Waals surface area contributed by atoms with Crippen LogP contribution in [0.25, 0.3) is 0 Å². The highest BCUT2D eigenvalue weighted by atomic mass is 19.1. The Morgan fingerprint density at radius 1 is 1.03 bits per heavy atom. The number of carbonyl (C=O) groups excluding carboxylic acids is 3. The highest BCUT2D eigenvalue weighted by Gasteiger charge is 2.31. The van der Waals surface area contributed by atoms with Crippen LogP contribution < -0.4 is 15.5 Å². The molecule has 2 aromatic carbocycles. The largest absolute Gasteiger partial charge is 0.325 e. The van der Waals surface area contributed by atoms with Crippen molar-refractivity contribution in [2.24, 2.45) is 0 Å². The second-order valence-corrected chi connectivity index (χ2v) is 8.49. The minimum absolute atomic E-state index is 0.0521. The van der Waals surface area contributed by atoms with Crippen LogP contribution >= 0.6 is 0 Å². The molecule has 2 N–H and O–H groups in total. The predicted molar refractivity (Wildman–Crippen MR) is 125 cm³/mol. The molecule has 1 unspecified atom stereocenters. The van der Waals surface area contributed by atoms with E-state index in [1.54, 1.807) is 23.1 Å². The molecule has 1 fully saturated rings. The van der Waals surface area contributed by atoms with Gasteiger partial charge in [-0.15, -0.1) is 0 Å². The first-order valence-electron chi connectivity index (χ1n) is 11.1. The average Bonchev–Trinajstić information content (AvgIpc) is 2.89. The summed E-state index contributed by atoms with van der Waals surface area (Å²) in [5.41, 5.74) is 1.80.